The van der Waals surface area contributed by atoms with Crippen LogP contribution >= 0.6 is 0 Å². The Morgan fingerprint density at radius 1 is 1.25 bits per heavy atom. The quantitative estimate of drug-likeness (QED) is 0.863. The number of carboxylic acid groups (broad SMARTS) is 1. The first-order chi connectivity index (χ1) is 9.74. The molecule has 0 spiro atoms. The Hall–Kier alpha value is -1.46. The fourth-order valence-corrected chi connectivity index (χ4v) is 3.37. The average Bonchev–Trinajstić information content (AvgIpc) is 3.18. The van der Waals surface area contributed by atoms with Gasteiger partial charge in [0.05, 0.1) is 12.5 Å². The van der Waals surface area contributed by atoms with Gasteiger partial charge in [0.15, 0.2) is 5.82 Å². The van der Waals surface area contributed by atoms with E-state index in [4.69, 9.17) is 5.11 Å². The number of carboxylic acids is 1. The van der Waals surface area contributed by atoms with E-state index < -0.39 is 5.97 Å². The zero-order valence-electron chi connectivity index (χ0n) is 11.7. The Morgan fingerprint density at radius 3 is 2.65 bits per heavy atom. The first-order valence-corrected chi connectivity index (χ1v) is 7.72. The van der Waals surface area contributed by atoms with Crippen LogP contribution in [0.25, 0.3) is 0 Å². The largest absolute Gasteiger partial charge is 0.481 e. The van der Waals surface area contributed by atoms with Gasteiger partial charge in [-0.1, -0.05) is 32.1 Å². The zero-order valence-corrected chi connectivity index (χ0v) is 11.7. The second-order valence-corrected chi connectivity index (χ2v) is 6.25. The van der Waals surface area contributed by atoms with Crippen molar-refractivity contribution in [1.29, 1.82) is 0 Å². The van der Waals surface area contributed by atoms with Crippen molar-refractivity contribution in [2.24, 2.45) is 11.8 Å². The van der Waals surface area contributed by atoms with Gasteiger partial charge in [-0.2, -0.15) is 0 Å². The van der Waals surface area contributed by atoms with Crippen LogP contribution in [0.3, 0.4) is 0 Å². The molecule has 6 heteroatoms. The summed E-state index contributed by atoms with van der Waals surface area (Å²) in [5, 5.41) is 21.1. The summed E-state index contributed by atoms with van der Waals surface area (Å²) in [6.45, 7) is 0. The van der Waals surface area contributed by atoms with Gasteiger partial charge in [0.1, 0.15) is 0 Å². The van der Waals surface area contributed by atoms with Crippen LogP contribution < -0.4 is 0 Å². The topological polar surface area (TPSA) is 80.9 Å². The number of hydrogen-bond acceptors (Lipinski definition) is 4. The molecular formula is C14H22N4O2. The van der Waals surface area contributed by atoms with E-state index in [-0.39, 0.29) is 12.5 Å². The number of tetrazole rings is 1. The summed E-state index contributed by atoms with van der Waals surface area (Å²) in [6.07, 6.45) is 9.66. The van der Waals surface area contributed by atoms with E-state index in [1.165, 1.54) is 32.1 Å². The molecule has 0 radical (unpaired) electrons. The third-order valence-corrected chi connectivity index (χ3v) is 4.62. The van der Waals surface area contributed by atoms with E-state index >= 15 is 0 Å². The van der Waals surface area contributed by atoms with Gasteiger partial charge in [-0.25, -0.2) is 4.68 Å². The van der Waals surface area contributed by atoms with Crippen molar-refractivity contribution in [2.75, 3.05) is 0 Å². The highest BCUT2D eigenvalue weighted by atomic mass is 16.4. The Labute approximate surface area is 118 Å². The molecule has 0 amide bonds. The Kier molecular flexibility index (Phi) is 3.98. The van der Waals surface area contributed by atoms with Crippen molar-refractivity contribution in [1.82, 2.24) is 20.2 Å². The highest BCUT2D eigenvalue weighted by molar-refractivity contribution is 5.67. The predicted molar refractivity (Wildman–Crippen MR) is 72.1 cm³/mol. The van der Waals surface area contributed by atoms with Crippen LogP contribution in [0.2, 0.25) is 0 Å². The summed E-state index contributed by atoms with van der Waals surface area (Å²) in [5.41, 5.74) is 0. The SMILES string of the molecule is O=C(O)CC(C1CC1)n1nnnc1CC1CCCCC1. The van der Waals surface area contributed by atoms with Gasteiger partial charge in [0, 0.05) is 6.42 Å². The number of aromatic nitrogens is 4. The fourth-order valence-electron chi connectivity index (χ4n) is 3.37. The van der Waals surface area contributed by atoms with Gasteiger partial charge >= 0.3 is 5.97 Å². The van der Waals surface area contributed by atoms with E-state index in [0.717, 1.165) is 25.1 Å². The number of nitrogens with zero attached hydrogens (tertiary/aromatic N) is 4. The third kappa shape index (κ3) is 3.16. The average molecular weight is 278 g/mol. The maximum Gasteiger partial charge on any atom is 0.305 e. The van der Waals surface area contributed by atoms with E-state index in [1.54, 1.807) is 4.68 Å². The molecule has 0 saturated heterocycles. The van der Waals surface area contributed by atoms with Crippen LogP contribution in [0.15, 0.2) is 0 Å². The highest BCUT2D eigenvalue weighted by Gasteiger charge is 2.36. The van der Waals surface area contributed by atoms with Gasteiger partial charge in [-0.3, -0.25) is 4.79 Å². The van der Waals surface area contributed by atoms with Crippen LogP contribution in [0.4, 0.5) is 0 Å². The lowest BCUT2D eigenvalue weighted by Gasteiger charge is -2.22. The number of carbonyl (C=O) groups is 1. The lowest BCUT2D eigenvalue weighted by molar-refractivity contribution is -0.138. The van der Waals surface area contributed by atoms with Crippen molar-refractivity contribution in [3.63, 3.8) is 0 Å². The lowest BCUT2D eigenvalue weighted by Crippen LogP contribution is -2.21. The minimum Gasteiger partial charge on any atom is -0.481 e. The van der Waals surface area contributed by atoms with E-state index in [0.29, 0.717) is 11.8 Å². The maximum atomic E-state index is 11.1. The van der Waals surface area contributed by atoms with Gasteiger partial charge in [-0.15, -0.1) is 5.10 Å². The van der Waals surface area contributed by atoms with Crippen molar-refractivity contribution in [3.05, 3.63) is 5.82 Å². The monoisotopic (exact) mass is 278 g/mol. The van der Waals surface area contributed by atoms with Crippen molar-refractivity contribution in [3.8, 4) is 0 Å². The van der Waals surface area contributed by atoms with Crippen molar-refractivity contribution < 1.29 is 9.90 Å². The molecule has 3 rings (SSSR count). The molecular weight excluding hydrogens is 256 g/mol. The molecule has 2 aliphatic carbocycles. The first-order valence-electron chi connectivity index (χ1n) is 7.72. The molecule has 2 aliphatic rings. The van der Waals surface area contributed by atoms with Crippen molar-refractivity contribution >= 4 is 5.97 Å². The third-order valence-electron chi connectivity index (χ3n) is 4.62. The van der Waals surface area contributed by atoms with Gasteiger partial charge in [0.2, 0.25) is 0 Å². The molecule has 6 nitrogen and oxygen atoms in total. The summed E-state index contributed by atoms with van der Waals surface area (Å²) in [6, 6.07) is -0.0545. The molecule has 0 aliphatic heterocycles. The number of aliphatic carboxylic acids is 1. The minimum absolute atomic E-state index is 0.0545. The first kappa shape index (κ1) is 13.5. The van der Waals surface area contributed by atoms with Crippen LogP contribution in [-0.2, 0) is 11.2 Å². The summed E-state index contributed by atoms with van der Waals surface area (Å²) in [7, 11) is 0. The molecule has 2 saturated carbocycles. The molecule has 20 heavy (non-hydrogen) atoms. The van der Waals surface area contributed by atoms with Crippen molar-refractivity contribution in [2.45, 2.75) is 63.8 Å². The molecule has 0 bridgehead atoms. The zero-order chi connectivity index (χ0) is 13.9. The van der Waals surface area contributed by atoms with Crippen LogP contribution in [0.1, 0.15) is 63.2 Å². The summed E-state index contributed by atoms with van der Waals surface area (Å²) < 4.78 is 1.81. The van der Waals surface area contributed by atoms with E-state index in [9.17, 15) is 4.79 Å². The molecule has 1 atom stereocenters. The highest BCUT2D eigenvalue weighted by Crippen LogP contribution is 2.41. The van der Waals surface area contributed by atoms with Crippen LogP contribution in [0.5, 0.6) is 0 Å². The van der Waals surface area contributed by atoms with E-state index in [2.05, 4.69) is 15.5 Å². The minimum atomic E-state index is -0.763. The summed E-state index contributed by atoms with van der Waals surface area (Å²) >= 11 is 0. The Balaban J connectivity index is 1.72. The van der Waals surface area contributed by atoms with Crippen LogP contribution in [0, 0.1) is 11.8 Å². The van der Waals surface area contributed by atoms with Gasteiger partial charge in [0.25, 0.3) is 0 Å². The smallest absolute Gasteiger partial charge is 0.305 e. The molecule has 1 heterocycles. The maximum absolute atomic E-state index is 11.1. The fraction of sp³-hybridized carbons (Fsp3) is 0.857. The standard InChI is InChI=1S/C14H22N4O2/c19-14(20)9-12(11-6-7-11)18-13(15-16-17-18)8-10-4-2-1-3-5-10/h10-12H,1-9H2,(H,19,20). The van der Waals surface area contributed by atoms with Gasteiger partial charge < -0.3 is 5.11 Å². The molecule has 1 aromatic heterocycles. The molecule has 0 aromatic carbocycles. The lowest BCUT2D eigenvalue weighted by atomic mass is 9.87. The summed E-state index contributed by atoms with van der Waals surface area (Å²) in [5.74, 6) is 1.23. The predicted octanol–water partition coefficient (Wildman–Crippen LogP) is 2.22. The normalized spacial score (nSPS) is 21.8. The second-order valence-electron chi connectivity index (χ2n) is 6.25. The molecule has 110 valence electrons. The molecule has 2 fully saturated rings. The molecule has 1 unspecified atom stereocenters. The number of rotatable bonds is 6. The van der Waals surface area contributed by atoms with Crippen LogP contribution in [-0.4, -0.2) is 31.3 Å². The summed E-state index contributed by atoms with van der Waals surface area (Å²) in [4.78, 5) is 11.1. The van der Waals surface area contributed by atoms with E-state index in [1.807, 2.05) is 0 Å². The molecule has 1 N–H and O–H groups in total. The Bertz CT molecular complexity index is 463. The molecule has 1 aromatic rings. The Morgan fingerprint density at radius 2 is 2.00 bits per heavy atom. The van der Waals surface area contributed by atoms with Gasteiger partial charge in [-0.05, 0) is 35.1 Å². The number of hydrogen-bond donors (Lipinski definition) is 1. The second kappa shape index (κ2) is 5.89.